The number of piperidine rings is 1. The van der Waals surface area contributed by atoms with Crippen LogP contribution < -0.4 is 9.64 Å². The molecule has 3 heterocycles. The highest BCUT2D eigenvalue weighted by molar-refractivity contribution is 5.39. The number of methoxy groups -OCH3 is 1. The molecule has 1 spiro atoms. The number of hydrogen-bond acceptors (Lipinski definition) is 4. The number of benzene rings is 1. The maximum Gasteiger partial charge on any atom is 0.128 e. The van der Waals surface area contributed by atoms with Crippen LogP contribution in [0.3, 0.4) is 0 Å². The van der Waals surface area contributed by atoms with Gasteiger partial charge in [-0.1, -0.05) is 18.2 Å². The molecule has 2 saturated heterocycles. The second kappa shape index (κ2) is 7.04. The lowest BCUT2D eigenvalue weighted by atomic mass is 9.79. The van der Waals surface area contributed by atoms with Gasteiger partial charge in [-0.2, -0.15) is 0 Å². The van der Waals surface area contributed by atoms with Gasteiger partial charge in [-0.05, 0) is 55.6 Å². The molecule has 4 rings (SSSR count). The van der Waals surface area contributed by atoms with Crippen molar-refractivity contribution >= 4 is 5.82 Å². The zero-order valence-corrected chi connectivity index (χ0v) is 15.0. The summed E-state index contributed by atoms with van der Waals surface area (Å²) in [5, 5.41) is 0. The summed E-state index contributed by atoms with van der Waals surface area (Å²) in [6.45, 7) is 5.71. The van der Waals surface area contributed by atoms with E-state index < -0.39 is 0 Å². The van der Waals surface area contributed by atoms with Crippen LogP contribution in [0, 0.1) is 5.41 Å². The maximum absolute atomic E-state index is 5.26. The van der Waals surface area contributed by atoms with Crippen LogP contribution in [0.2, 0.25) is 0 Å². The minimum atomic E-state index is 0.433. The van der Waals surface area contributed by atoms with Gasteiger partial charge in [0.25, 0.3) is 0 Å². The molecule has 4 heteroatoms. The van der Waals surface area contributed by atoms with Crippen molar-refractivity contribution in [1.29, 1.82) is 0 Å². The van der Waals surface area contributed by atoms with Crippen molar-refractivity contribution in [3.8, 4) is 5.75 Å². The van der Waals surface area contributed by atoms with Gasteiger partial charge in [0.2, 0.25) is 0 Å². The lowest BCUT2D eigenvalue weighted by Gasteiger charge is -2.41. The van der Waals surface area contributed by atoms with E-state index in [-0.39, 0.29) is 0 Å². The molecule has 2 aliphatic heterocycles. The number of rotatable bonds is 4. The van der Waals surface area contributed by atoms with Gasteiger partial charge in [0.1, 0.15) is 11.6 Å². The number of likely N-dealkylation sites (tertiary alicyclic amines) is 1. The highest BCUT2D eigenvalue weighted by Crippen LogP contribution is 2.40. The van der Waals surface area contributed by atoms with Gasteiger partial charge in [0, 0.05) is 37.8 Å². The van der Waals surface area contributed by atoms with Crippen LogP contribution in [0.1, 0.15) is 24.8 Å². The summed E-state index contributed by atoms with van der Waals surface area (Å²) < 4.78 is 5.26. The fraction of sp³-hybridized carbons (Fsp3) is 0.476. The highest BCUT2D eigenvalue weighted by atomic mass is 16.5. The van der Waals surface area contributed by atoms with E-state index in [9.17, 15) is 0 Å². The third-order valence-corrected chi connectivity index (χ3v) is 5.72. The SMILES string of the molecule is COc1ccc(CN2CC[C@@]3(CCCN(c4ccccn4)C3)C2)cc1. The van der Waals surface area contributed by atoms with Crippen LogP contribution in [0.25, 0.3) is 0 Å². The Morgan fingerprint density at radius 1 is 1.04 bits per heavy atom. The summed E-state index contributed by atoms with van der Waals surface area (Å²) in [5.41, 5.74) is 1.80. The largest absolute Gasteiger partial charge is 0.497 e. The molecule has 0 N–H and O–H groups in total. The molecule has 1 aromatic carbocycles. The minimum absolute atomic E-state index is 0.433. The molecule has 2 aromatic rings. The van der Waals surface area contributed by atoms with Gasteiger partial charge in [0.15, 0.2) is 0 Å². The molecule has 2 fully saturated rings. The third-order valence-electron chi connectivity index (χ3n) is 5.72. The van der Waals surface area contributed by atoms with Gasteiger partial charge >= 0.3 is 0 Å². The zero-order chi connectivity index (χ0) is 17.1. The van der Waals surface area contributed by atoms with E-state index in [1.807, 2.05) is 12.3 Å². The van der Waals surface area contributed by atoms with Crippen molar-refractivity contribution in [2.24, 2.45) is 5.41 Å². The standard InChI is InChI=1S/C21H27N3O/c1-25-19-8-6-18(7-9-19)15-23-14-11-21(16-23)10-4-13-24(17-21)20-5-2-3-12-22-20/h2-3,5-9,12H,4,10-11,13-17H2,1H3/t21-/m0/s1. The van der Waals surface area contributed by atoms with Crippen LogP contribution in [0.4, 0.5) is 5.82 Å². The topological polar surface area (TPSA) is 28.6 Å². The highest BCUT2D eigenvalue weighted by Gasteiger charge is 2.41. The van der Waals surface area contributed by atoms with Crippen LogP contribution in [-0.2, 0) is 6.54 Å². The molecule has 25 heavy (non-hydrogen) atoms. The van der Waals surface area contributed by atoms with Crippen molar-refractivity contribution in [2.75, 3.05) is 38.2 Å². The lowest BCUT2D eigenvalue weighted by molar-refractivity contribution is 0.216. The Hall–Kier alpha value is -2.07. The van der Waals surface area contributed by atoms with Gasteiger partial charge in [-0.3, -0.25) is 4.90 Å². The van der Waals surface area contributed by atoms with E-state index in [0.29, 0.717) is 5.41 Å². The first-order chi connectivity index (χ1) is 12.3. The predicted molar refractivity (Wildman–Crippen MR) is 101 cm³/mol. The van der Waals surface area contributed by atoms with Crippen LogP contribution >= 0.6 is 0 Å². The first-order valence-corrected chi connectivity index (χ1v) is 9.28. The van der Waals surface area contributed by atoms with Crippen LogP contribution in [0.5, 0.6) is 5.75 Å². The molecule has 0 aliphatic carbocycles. The fourth-order valence-corrected chi connectivity index (χ4v) is 4.43. The summed E-state index contributed by atoms with van der Waals surface area (Å²) in [6.07, 6.45) is 5.82. The Balaban J connectivity index is 1.40. The second-order valence-corrected chi connectivity index (χ2v) is 7.52. The van der Waals surface area contributed by atoms with Crippen molar-refractivity contribution in [2.45, 2.75) is 25.8 Å². The quantitative estimate of drug-likeness (QED) is 0.852. The van der Waals surface area contributed by atoms with Crippen molar-refractivity contribution in [3.05, 3.63) is 54.2 Å². The molecule has 0 radical (unpaired) electrons. The zero-order valence-electron chi connectivity index (χ0n) is 15.0. The normalized spacial score (nSPS) is 24.0. The number of hydrogen-bond donors (Lipinski definition) is 0. The van der Waals surface area contributed by atoms with E-state index in [2.05, 4.69) is 51.2 Å². The Labute approximate surface area is 150 Å². The molecule has 0 amide bonds. The molecule has 2 aliphatic rings. The van der Waals surface area contributed by atoms with Crippen LogP contribution in [-0.4, -0.2) is 43.2 Å². The number of aromatic nitrogens is 1. The Bertz CT molecular complexity index is 688. The van der Waals surface area contributed by atoms with E-state index >= 15 is 0 Å². The van der Waals surface area contributed by atoms with Gasteiger partial charge in [-0.15, -0.1) is 0 Å². The summed E-state index contributed by atoms with van der Waals surface area (Å²) in [6, 6.07) is 14.7. The second-order valence-electron chi connectivity index (χ2n) is 7.52. The van der Waals surface area contributed by atoms with Crippen molar-refractivity contribution in [3.63, 3.8) is 0 Å². The first kappa shape index (κ1) is 16.4. The molecule has 132 valence electrons. The van der Waals surface area contributed by atoms with Crippen molar-refractivity contribution in [1.82, 2.24) is 9.88 Å². The number of ether oxygens (including phenoxy) is 1. The predicted octanol–water partition coefficient (Wildman–Crippen LogP) is 3.58. The van der Waals surface area contributed by atoms with E-state index in [1.165, 1.54) is 37.9 Å². The van der Waals surface area contributed by atoms with Gasteiger partial charge in [-0.25, -0.2) is 4.98 Å². The summed E-state index contributed by atoms with van der Waals surface area (Å²) in [7, 11) is 1.72. The average molecular weight is 337 g/mol. The molecule has 1 atom stereocenters. The van der Waals surface area contributed by atoms with E-state index in [4.69, 9.17) is 4.74 Å². The average Bonchev–Trinajstić information content (AvgIpc) is 3.05. The number of anilines is 1. The number of nitrogens with zero attached hydrogens (tertiary/aromatic N) is 3. The number of pyridine rings is 1. The van der Waals surface area contributed by atoms with Crippen LogP contribution in [0.15, 0.2) is 48.7 Å². The lowest BCUT2D eigenvalue weighted by Crippen LogP contribution is -2.45. The van der Waals surface area contributed by atoms with Crippen molar-refractivity contribution < 1.29 is 4.74 Å². The smallest absolute Gasteiger partial charge is 0.128 e. The molecule has 0 unspecified atom stereocenters. The Kier molecular flexibility index (Phi) is 4.62. The van der Waals surface area contributed by atoms with E-state index in [0.717, 1.165) is 31.2 Å². The molecular weight excluding hydrogens is 310 g/mol. The summed E-state index contributed by atoms with van der Waals surface area (Å²) >= 11 is 0. The fourth-order valence-electron chi connectivity index (χ4n) is 4.43. The Morgan fingerprint density at radius 2 is 1.92 bits per heavy atom. The monoisotopic (exact) mass is 337 g/mol. The third kappa shape index (κ3) is 3.64. The van der Waals surface area contributed by atoms with Gasteiger partial charge in [0.05, 0.1) is 7.11 Å². The summed E-state index contributed by atoms with van der Waals surface area (Å²) in [5.74, 6) is 2.06. The molecular formula is C21H27N3O. The first-order valence-electron chi connectivity index (χ1n) is 9.28. The molecule has 1 aromatic heterocycles. The van der Waals surface area contributed by atoms with E-state index in [1.54, 1.807) is 7.11 Å². The summed E-state index contributed by atoms with van der Waals surface area (Å²) in [4.78, 5) is 9.66. The molecule has 0 bridgehead atoms. The molecule has 4 nitrogen and oxygen atoms in total. The van der Waals surface area contributed by atoms with Gasteiger partial charge < -0.3 is 9.64 Å². The molecule has 0 saturated carbocycles. The maximum atomic E-state index is 5.26. The minimum Gasteiger partial charge on any atom is -0.497 e. The Morgan fingerprint density at radius 3 is 2.68 bits per heavy atom.